The summed E-state index contributed by atoms with van der Waals surface area (Å²) in [5, 5.41) is 14.0. The average molecular weight is 276 g/mol. The van der Waals surface area contributed by atoms with Gasteiger partial charge >= 0.3 is 0 Å². The first-order valence-electron chi connectivity index (χ1n) is 5.86. The molecule has 0 fully saturated rings. The minimum Gasteiger partial charge on any atom is -0.506 e. The van der Waals surface area contributed by atoms with Crippen molar-refractivity contribution in [3.8, 4) is 5.75 Å². The van der Waals surface area contributed by atoms with Gasteiger partial charge in [-0.05, 0) is 25.0 Å². The van der Waals surface area contributed by atoms with Gasteiger partial charge in [-0.3, -0.25) is 0 Å². The minimum atomic E-state index is 0.111. The first-order chi connectivity index (χ1) is 7.95. The molecule has 0 spiro atoms. The molecule has 0 radical (unpaired) electrons. The zero-order valence-electron chi connectivity index (χ0n) is 10.4. The Hall–Kier alpha value is -0.440. The second kappa shape index (κ2) is 6.48. The maximum absolute atomic E-state index is 9.80. The van der Waals surface area contributed by atoms with Crippen molar-refractivity contribution in [2.24, 2.45) is 5.92 Å². The van der Waals surface area contributed by atoms with E-state index in [4.69, 9.17) is 23.2 Å². The topological polar surface area (TPSA) is 32.3 Å². The first-order valence-corrected chi connectivity index (χ1v) is 6.61. The maximum Gasteiger partial charge on any atom is 0.138 e. The molecule has 0 amide bonds. The summed E-state index contributed by atoms with van der Waals surface area (Å²) in [5.41, 5.74) is 0.734. The van der Waals surface area contributed by atoms with Crippen LogP contribution in [-0.2, 0) is 6.54 Å². The van der Waals surface area contributed by atoms with Crippen LogP contribution in [-0.4, -0.2) is 11.1 Å². The van der Waals surface area contributed by atoms with E-state index in [0.717, 1.165) is 12.0 Å². The van der Waals surface area contributed by atoms with Crippen molar-refractivity contribution in [1.29, 1.82) is 0 Å². The number of aromatic hydroxyl groups is 1. The Morgan fingerprint density at radius 3 is 2.53 bits per heavy atom. The zero-order valence-corrected chi connectivity index (χ0v) is 11.9. The van der Waals surface area contributed by atoms with E-state index in [1.165, 1.54) is 0 Å². The fourth-order valence-electron chi connectivity index (χ4n) is 1.58. The van der Waals surface area contributed by atoms with Crippen LogP contribution in [0.1, 0.15) is 32.8 Å². The summed E-state index contributed by atoms with van der Waals surface area (Å²) >= 11 is 11.8. The summed E-state index contributed by atoms with van der Waals surface area (Å²) in [6.07, 6.45) is 1.12. The van der Waals surface area contributed by atoms with Gasteiger partial charge in [0.15, 0.2) is 0 Å². The molecular formula is C13H19Cl2NO. The number of benzene rings is 1. The number of phenols is 1. The van der Waals surface area contributed by atoms with Crippen LogP contribution in [0.3, 0.4) is 0 Å². The molecular weight excluding hydrogens is 257 g/mol. The van der Waals surface area contributed by atoms with Crippen LogP contribution in [0.2, 0.25) is 10.0 Å². The second-order valence-corrected chi connectivity index (χ2v) is 5.29. The highest BCUT2D eigenvalue weighted by Gasteiger charge is 2.12. The molecule has 0 aromatic heterocycles. The Morgan fingerprint density at radius 2 is 1.94 bits per heavy atom. The quantitative estimate of drug-likeness (QED) is 0.843. The van der Waals surface area contributed by atoms with Crippen LogP contribution < -0.4 is 5.32 Å². The molecule has 0 heterocycles. The van der Waals surface area contributed by atoms with Crippen molar-refractivity contribution in [2.45, 2.75) is 39.8 Å². The van der Waals surface area contributed by atoms with Crippen LogP contribution in [0, 0.1) is 5.92 Å². The molecule has 1 rings (SSSR count). The van der Waals surface area contributed by atoms with E-state index in [0.29, 0.717) is 28.5 Å². The smallest absolute Gasteiger partial charge is 0.138 e. The number of phenolic OH excluding ortho intramolecular Hbond substituents is 1. The van der Waals surface area contributed by atoms with Crippen molar-refractivity contribution in [3.05, 3.63) is 27.7 Å². The first kappa shape index (κ1) is 14.6. The third kappa shape index (κ3) is 4.06. The number of hydrogen-bond acceptors (Lipinski definition) is 2. The van der Waals surface area contributed by atoms with E-state index < -0.39 is 0 Å². The normalized spacial score (nSPS) is 14.6. The summed E-state index contributed by atoms with van der Waals surface area (Å²) in [4.78, 5) is 0. The summed E-state index contributed by atoms with van der Waals surface area (Å²) in [6.45, 7) is 7.06. The van der Waals surface area contributed by atoms with E-state index in [1.54, 1.807) is 12.1 Å². The lowest BCUT2D eigenvalue weighted by atomic mass is 10.0. The molecule has 17 heavy (non-hydrogen) atoms. The standard InChI is InChI=1S/C13H19Cl2NO/c1-4-8(2)9(3)16-7-10-5-11(14)6-12(15)13(10)17/h5-6,8-9,16-17H,4,7H2,1-3H3. The maximum atomic E-state index is 9.80. The van der Waals surface area contributed by atoms with Gasteiger partial charge in [-0.1, -0.05) is 43.5 Å². The molecule has 1 aromatic carbocycles. The molecule has 2 unspecified atom stereocenters. The van der Waals surface area contributed by atoms with Crippen molar-refractivity contribution in [2.75, 3.05) is 0 Å². The van der Waals surface area contributed by atoms with Crippen LogP contribution in [0.5, 0.6) is 5.75 Å². The van der Waals surface area contributed by atoms with Gasteiger partial charge in [-0.25, -0.2) is 0 Å². The highest BCUT2D eigenvalue weighted by Crippen LogP contribution is 2.31. The summed E-state index contributed by atoms with van der Waals surface area (Å²) in [7, 11) is 0. The van der Waals surface area contributed by atoms with Crippen LogP contribution >= 0.6 is 23.2 Å². The van der Waals surface area contributed by atoms with E-state index in [1.807, 2.05) is 0 Å². The molecule has 0 saturated heterocycles. The van der Waals surface area contributed by atoms with E-state index in [2.05, 4.69) is 26.1 Å². The third-order valence-electron chi connectivity index (χ3n) is 3.22. The zero-order chi connectivity index (χ0) is 13.0. The molecule has 0 aliphatic heterocycles. The van der Waals surface area contributed by atoms with Gasteiger partial charge in [0.2, 0.25) is 0 Å². The summed E-state index contributed by atoms with van der Waals surface area (Å²) < 4.78 is 0. The Kier molecular flexibility index (Phi) is 5.57. The fraction of sp³-hybridized carbons (Fsp3) is 0.538. The lowest BCUT2D eigenvalue weighted by Crippen LogP contribution is -2.31. The molecule has 0 aliphatic carbocycles. The van der Waals surface area contributed by atoms with Gasteiger partial charge < -0.3 is 10.4 Å². The molecule has 4 heteroatoms. The molecule has 2 N–H and O–H groups in total. The van der Waals surface area contributed by atoms with Crippen molar-refractivity contribution in [1.82, 2.24) is 5.32 Å². The van der Waals surface area contributed by atoms with Gasteiger partial charge in [0.1, 0.15) is 5.75 Å². The number of hydrogen-bond donors (Lipinski definition) is 2. The molecule has 2 atom stereocenters. The number of rotatable bonds is 5. The van der Waals surface area contributed by atoms with Crippen molar-refractivity contribution in [3.63, 3.8) is 0 Å². The van der Waals surface area contributed by atoms with Gasteiger partial charge in [0.05, 0.1) is 5.02 Å². The lowest BCUT2D eigenvalue weighted by Gasteiger charge is -2.20. The highest BCUT2D eigenvalue weighted by molar-refractivity contribution is 6.35. The predicted octanol–water partition coefficient (Wildman–Crippen LogP) is 4.22. The molecule has 0 saturated carbocycles. The average Bonchev–Trinajstić information content (AvgIpc) is 2.30. The van der Waals surface area contributed by atoms with Crippen molar-refractivity contribution >= 4 is 23.2 Å². The summed E-state index contributed by atoms with van der Waals surface area (Å²) in [6, 6.07) is 3.66. The lowest BCUT2D eigenvalue weighted by molar-refractivity contribution is 0.384. The molecule has 2 nitrogen and oxygen atoms in total. The predicted molar refractivity (Wildman–Crippen MR) is 73.9 cm³/mol. The van der Waals surface area contributed by atoms with E-state index in [-0.39, 0.29) is 5.75 Å². The van der Waals surface area contributed by atoms with Crippen LogP contribution in [0.15, 0.2) is 12.1 Å². The second-order valence-electron chi connectivity index (χ2n) is 4.45. The SMILES string of the molecule is CCC(C)C(C)NCc1cc(Cl)cc(Cl)c1O. The Balaban J connectivity index is 2.69. The van der Waals surface area contributed by atoms with Crippen LogP contribution in [0.25, 0.3) is 0 Å². The number of nitrogens with one attached hydrogen (secondary N) is 1. The molecule has 1 aromatic rings. The number of halogens is 2. The Bertz CT molecular complexity index is 382. The summed E-state index contributed by atoms with van der Waals surface area (Å²) in [5.74, 6) is 0.701. The Labute approximate surface area is 113 Å². The monoisotopic (exact) mass is 275 g/mol. The molecule has 0 aliphatic rings. The van der Waals surface area contributed by atoms with Gasteiger partial charge in [-0.15, -0.1) is 0 Å². The van der Waals surface area contributed by atoms with Gasteiger partial charge in [0, 0.05) is 23.2 Å². The van der Waals surface area contributed by atoms with Gasteiger partial charge in [-0.2, -0.15) is 0 Å². The van der Waals surface area contributed by atoms with Crippen molar-refractivity contribution < 1.29 is 5.11 Å². The van der Waals surface area contributed by atoms with Crippen LogP contribution in [0.4, 0.5) is 0 Å². The molecule has 0 bridgehead atoms. The van der Waals surface area contributed by atoms with E-state index >= 15 is 0 Å². The minimum absolute atomic E-state index is 0.111. The fourth-order valence-corrected chi connectivity index (χ4v) is 2.12. The largest absolute Gasteiger partial charge is 0.506 e. The molecule has 96 valence electrons. The Morgan fingerprint density at radius 1 is 1.29 bits per heavy atom. The van der Waals surface area contributed by atoms with E-state index in [9.17, 15) is 5.11 Å². The highest BCUT2D eigenvalue weighted by atomic mass is 35.5. The van der Waals surface area contributed by atoms with Gasteiger partial charge in [0.25, 0.3) is 0 Å². The third-order valence-corrected chi connectivity index (χ3v) is 3.73.